The van der Waals surface area contributed by atoms with Gasteiger partial charge in [0.15, 0.2) is 5.41 Å². The summed E-state index contributed by atoms with van der Waals surface area (Å²) in [6.45, 7) is 0. The number of aliphatic carboxylic acids is 2. The maximum Gasteiger partial charge on any atom is 0.324 e. The minimum atomic E-state index is -1.76. The molecule has 1 aliphatic carbocycles. The molecule has 0 saturated heterocycles. The smallest absolute Gasteiger partial charge is 0.324 e. The third-order valence-corrected chi connectivity index (χ3v) is 2.58. The molecule has 4 heteroatoms. The fraction of sp³-hybridized carbons (Fsp3) is 0.455. The Labute approximate surface area is 87.9 Å². The molecule has 0 radical (unpaired) electrons. The number of carboxylic acid groups (broad SMARTS) is 2. The summed E-state index contributed by atoms with van der Waals surface area (Å²) in [5, 5.41) is 18.0. The average Bonchev–Trinajstić information content (AvgIpc) is 2.28. The minimum absolute atomic E-state index is 0.149. The first-order valence-corrected chi connectivity index (χ1v) is 4.91. The van der Waals surface area contributed by atoms with E-state index in [1.807, 2.05) is 6.08 Å². The van der Waals surface area contributed by atoms with Crippen molar-refractivity contribution in [2.75, 3.05) is 0 Å². The summed E-state index contributed by atoms with van der Waals surface area (Å²) >= 11 is 0. The van der Waals surface area contributed by atoms with Crippen LogP contribution in [0, 0.1) is 5.41 Å². The average molecular weight is 210 g/mol. The summed E-state index contributed by atoms with van der Waals surface area (Å²) in [7, 11) is 0. The zero-order valence-electron chi connectivity index (χ0n) is 8.35. The molecular weight excluding hydrogens is 196 g/mol. The highest BCUT2D eigenvalue weighted by Gasteiger charge is 2.43. The standard InChI is InChI=1S/C11H14O4/c12-9(13)11(10(14)15)7-5-3-1-2-4-6-8-11/h1,3,5,7H,2,4,6,8H2,(H,12,13)(H,14,15)/b3-1-,7-5-. The van der Waals surface area contributed by atoms with Crippen LogP contribution in [0.25, 0.3) is 0 Å². The van der Waals surface area contributed by atoms with Crippen LogP contribution in [0.3, 0.4) is 0 Å². The molecule has 0 atom stereocenters. The largest absolute Gasteiger partial charge is 0.480 e. The van der Waals surface area contributed by atoms with Crippen LogP contribution in [0.2, 0.25) is 0 Å². The molecular formula is C11H14O4. The Morgan fingerprint density at radius 1 is 1.07 bits per heavy atom. The van der Waals surface area contributed by atoms with E-state index in [1.165, 1.54) is 12.2 Å². The molecule has 0 heterocycles. The molecule has 1 rings (SSSR count). The maximum atomic E-state index is 11.0. The van der Waals surface area contributed by atoms with Crippen molar-refractivity contribution in [1.29, 1.82) is 0 Å². The summed E-state index contributed by atoms with van der Waals surface area (Å²) in [5.74, 6) is -2.58. The molecule has 0 fully saturated rings. The van der Waals surface area contributed by atoms with Gasteiger partial charge in [-0.1, -0.05) is 30.7 Å². The fourth-order valence-corrected chi connectivity index (χ4v) is 1.59. The van der Waals surface area contributed by atoms with Crippen LogP contribution < -0.4 is 0 Å². The molecule has 4 nitrogen and oxygen atoms in total. The van der Waals surface area contributed by atoms with Gasteiger partial charge in [0.25, 0.3) is 0 Å². The van der Waals surface area contributed by atoms with E-state index in [4.69, 9.17) is 10.2 Å². The Morgan fingerprint density at radius 2 is 1.73 bits per heavy atom. The van der Waals surface area contributed by atoms with Crippen LogP contribution in [0.1, 0.15) is 25.7 Å². The molecule has 0 amide bonds. The first kappa shape index (κ1) is 11.5. The molecule has 0 aliphatic heterocycles. The lowest BCUT2D eigenvalue weighted by molar-refractivity contribution is -0.161. The lowest BCUT2D eigenvalue weighted by Crippen LogP contribution is -2.37. The van der Waals surface area contributed by atoms with Crippen molar-refractivity contribution in [3.8, 4) is 0 Å². The van der Waals surface area contributed by atoms with Gasteiger partial charge in [-0.3, -0.25) is 9.59 Å². The predicted molar refractivity (Wildman–Crippen MR) is 54.5 cm³/mol. The van der Waals surface area contributed by atoms with Crippen LogP contribution in [0.4, 0.5) is 0 Å². The van der Waals surface area contributed by atoms with E-state index < -0.39 is 17.4 Å². The summed E-state index contributed by atoms with van der Waals surface area (Å²) in [6, 6.07) is 0. The molecule has 0 saturated carbocycles. The zero-order chi connectivity index (χ0) is 11.3. The number of allylic oxidation sites excluding steroid dienone is 3. The molecule has 15 heavy (non-hydrogen) atoms. The van der Waals surface area contributed by atoms with Gasteiger partial charge in [0, 0.05) is 0 Å². The van der Waals surface area contributed by atoms with Gasteiger partial charge in [-0.25, -0.2) is 0 Å². The Bertz CT molecular complexity index is 301. The van der Waals surface area contributed by atoms with Gasteiger partial charge in [-0.2, -0.15) is 0 Å². The van der Waals surface area contributed by atoms with E-state index in [2.05, 4.69) is 0 Å². The summed E-state index contributed by atoms with van der Waals surface area (Å²) in [4.78, 5) is 22.1. The van der Waals surface area contributed by atoms with Crippen LogP contribution in [0.5, 0.6) is 0 Å². The SMILES string of the molecule is O=C(O)C1(C(=O)O)/C=C\C=C/CCCC1. The highest BCUT2D eigenvalue weighted by atomic mass is 16.4. The van der Waals surface area contributed by atoms with Crippen LogP contribution in [-0.4, -0.2) is 22.2 Å². The van der Waals surface area contributed by atoms with E-state index in [-0.39, 0.29) is 6.42 Å². The Balaban J connectivity index is 3.02. The molecule has 0 aromatic rings. The van der Waals surface area contributed by atoms with E-state index in [1.54, 1.807) is 6.08 Å². The van der Waals surface area contributed by atoms with Crippen molar-refractivity contribution < 1.29 is 19.8 Å². The second-order valence-corrected chi connectivity index (χ2v) is 3.61. The molecule has 0 bridgehead atoms. The van der Waals surface area contributed by atoms with Crippen molar-refractivity contribution in [2.24, 2.45) is 5.41 Å². The van der Waals surface area contributed by atoms with Gasteiger partial charge < -0.3 is 10.2 Å². The quantitative estimate of drug-likeness (QED) is 0.682. The van der Waals surface area contributed by atoms with Gasteiger partial charge in [-0.15, -0.1) is 0 Å². The van der Waals surface area contributed by atoms with Gasteiger partial charge in [0.2, 0.25) is 0 Å². The van der Waals surface area contributed by atoms with Gasteiger partial charge in [0.05, 0.1) is 0 Å². The van der Waals surface area contributed by atoms with Gasteiger partial charge in [0.1, 0.15) is 0 Å². The van der Waals surface area contributed by atoms with Crippen molar-refractivity contribution in [2.45, 2.75) is 25.7 Å². The molecule has 0 aromatic carbocycles. The Hall–Kier alpha value is -1.58. The second kappa shape index (κ2) is 4.77. The summed E-state index contributed by atoms with van der Waals surface area (Å²) in [6.07, 6.45) is 8.82. The monoisotopic (exact) mass is 210 g/mol. The van der Waals surface area contributed by atoms with E-state index >= 15 is 0 Å². The normalized spacial score (nSPS) is 24.3. The molecule has 1 aliphatic rings. The fourth-order valence-electron chi connectivity index (χ4n) is 1.59. The zero-order valence-corrected chi connectivity index (χ0v) is 8.35. The molecule has 2 N–H and O–H groups in total. The molecule has 0 spiro atoms. The number of hydrogen-bond donors (Lipinski definition) is 2. The number of hydrogen-bond acceptors (Lipinski definition) is 2. The number of carboxylic acids is 2. The van der Waals surface area contributed by atoms with Crippen molar-refractivity contribution >= 4 is 11.9 Å². The van der Waals surface area contributed by atoms with Crippen LogP contribution in [-0.2, 0) is 9.59 Å². The maximum absolute atomic E-state index is 11.0. The highest BCUT2D eigenvalue weighted by molar-refractivity contribution is 6.00. The molecule has 82 valence electrons. The van der Waals surface area contributed by atoms with Crippen molar-refractivity contribution in [1.82, 2.24) is 0 Å². The highest BCUT2D eigenvalue weighted by Crippen LogP contribution is 2.29. The van der Waals surface area contributed by atoms with Crippen LogP contribution in [0.15, 0.2) is 24.3 Å². The molecule has 0 unspecified atom stereocenters. The first-order valence-electron chi connectivity index (χ1n) is 4.91. The topological polar surface area (TPSA) is 74.6 Å². The first-order chi connectivity index (χ1) is 7.09. The van der Waals surface area contributed by atoms with Crippen molar-refractivity contribution in [3.63, 3.8) is 0 Å². The molecule has 0 aromatic heterocycles. The predicted octanol–water partition coefficient (Wildman–Crippen LogP) is 1.83. The number of rotatable bonds is 2. The van der Waals surface area contributed by atoms with E-state index in [0.717, 1.165) is 12.8 Å². The lowest BCUT2D eigenvalue weighted by Gasteiger charge is -2.20. The van der Waals surface area contributed by atoms with Gasteiger partial charge >= 0.3 is 11.9 Å². The second-order valence-electron chi connectivity index (χ2n) is 3.61. The van der Waals surface area contributed by atoms with Crippen LogP contribution >= 0.6 is 0 Å². The van der Waals surface area contributed by atoms with Gasteiger partial charge in [-0.05, 0) is 19.3 Å². The van der Waals surface area contributed by atoms with E-state index in [0.29, 0.717) is 6.42 Å². The minimum Gasteiger partial charge on any atom is -0.480 e. The number of carbonyl (C=O) groups is 2. The lowest BCUT2D eigenvalue weighted by atomic mass is 9.82. The third-order valence-electron chi connectivity index (χ3n) is 2.58. The van der Waals surface area contributed by atoms with E-state index in [9.17, 15) is 9.59 Å². The van der Waals surface area contributed by atoms with Crippen molar-refractivity contribution in [3.05, 3.63) is 24.3 Å². The Kier molecular flexibility index (Phi) is 3.66. The Morgan fingerprint density at radius 3 is 2.33 bits per heavy atom. The summed E-state index contributed by atoms with van der Waals surface area (Å²) < 4.78 is 0. The summed E-state index contributed by atoms with van der Waals surface area (Å²) in [5.41, 5.74) is -1.76. The third kappa shape index (κ3) is 2.46.